The third-order valence-corrected chi connectivity index (χ3v) is 3.95. The molecule has 6 heteroatoms. The van der Waals surface area contributed by atoms with E-state index in [0.29, 0.717) is 19.4 Å². The average Bonchev–Trinajstić information content (AvgIpc) is 2.58. The fraction of sp³-hybridized carbons (Fsp3) is 0.556. The Labute approximate surface area is 144 Å². The molecule has 0 saturated heterocycles. The van der Waals surface area contributed by atoms with E-state index in [4.69, 9.17) is 5.73 Å². The van der Waals surface area contributed by atoms with Gasteiger partial charge in [0, 0.05) is 14.1 Å². The monoisotopic (exact) mass is 334 g/mol. The number of nitrogens with two attached hydrogens (primary N) is 1. The number of unbranched alkanes of at least 4 members (excludes halogenated alkanes) is 1. The van der Waals surface area contributed by atoms with E-state index in [-0.39, 0.29) is 17.9 Å². The van der Waals surface area contributed by atoms with Crippen molar-refractivity contribution in [2.45, 2.75) is 37.8 Å². The van der Waals surface area contributed by atoms with Crippen LogP contribution < -0.4 is 16.4 Å². The minimum atomic E-state index is -0.509. The molecule has 24 heavy (non-hydrogen) atoms. The molecule has 2 atom stereocenters. The number of nitrogens with zero attached hydrogens (tertiary/aromatic N) is 1. The largest absolute Gasteiger partial charge is 0.347 e. The van der Waals surface area contributed by atoms with E-state index in [9.17, 15) is 9.59 Å². The van der Waals surface area contributed by atoms with Gasteiger partial charge in [-0.1, -0.05) is 30.3 Å². The quantitative estimate of drug-likeness (QED) is 0.544. The highest BCUT2D eigenvalue weighted by Crippen LogP contribution is 2.07. The van der Waals surface area contributed by atoms with Crippen molar-refractivity contribution in [1.82, 2.24) is 15.5 Å². The van der Waals surface area contributed by atoms with Gasteiger partial charge in [-0.3, -0.25) is 9.59 Å². The molecule has 0 aliphatic rings. The van der Waals surface area contributed by atoms with Gasteiger partial charge in [-0.05, 0) is 44.8 Å². The van der Waals surface area contributed by atoms with Crippen LogP contribution in [0, 0.1) is 0 Å². The predicted molar refractivity (Wildman–Crippen MR) is 96.5 cm³/mol. The number of amides is 2. The highest BCUT2D eigenvalue weighted by molar-refractivity contribution is 5.89. The zero-order valence-corrected chi connectivity index (χ0v) is 14.9. The number of hydrogen-bond donors (Lipinski definition) is 3. The lowest BCUT2D eigenvalue weighted by molar-refractivity contribution is -0.135. The van der Waals surface area contributed by atoms with Gasteiger partial charge in [-0.15, -0.1) is 0 Å². The Balaban J connectivity index is 2.70. The minimum absolute atomic E-state index is 0.0880. The van der Waals surface area contributed by atoms with E-state index >= 15 is 0 Å². The summed E-state index contributed by atoms with van der Waals surface area (Å²) in [5.41, 5.74) is 6.59. The summed E-state index contributed by atoms with van der Waals surface area (Å²) in [6.45, 7) is 0.587. The lowest BCUT2D eigenvalue weighted by Crippen LogP contribution is -2.52. The molecule has 0 fully saturated rings. The number of carbonyl (C=O) groups excluding carboxylic acids is 2. The highest BCUT2D eigenvalue weighted by atomic mass is 16.2. The summed E-state index contributed by atoms with van der Waals surface area (Å²) >= 11 is 0. The summed E-state index contributed by atoms with van der Waals surface area (Å²) in [5, 5.41) is 5.93. The Morgan fingerprint density at radius 3 is 2.33 bits per heavy atom. The fourth-order valence-corrected chi connectivity index (χ4v) is 2.51. The lowest BCUT2D eigenvalue weighted by atomic mass is 10.0. The van der Waals surface area contributed by atoms with E-state index in [1.807, 2.05) is 30.3 Å². The summed E-state index contributed by atoms with van der Waals surface area (Å²) in [6.07, 6.45) is 2.83. The second-order valence-corrected chi connectivity index (χ2v) is 6.11. The smallest absolute Gasteiger partial charge is 0.244 e. The number of likely N-dealkylation sites (N-methyl/N-ethyl adjacent to an activating group) is 2. The molecule has 134 valence electrons. The van der Waals surface area contributed by atoms with Gasteiger partial charge in [0.25, 0.3) is 0 Å². The summed E-state index contributed by atoms with van der Waals surface area (Å²) in [5.74, 6) is -0.246. The maximum Gasteiger partial charge on any atom is 0.244 e. The Bertz CT molecular complexity index is 505. The number of nitrogens with one attached hydrogen (secondary N) is 2. The van der Waals surface area contributed by atoms with Crippen LogP contribution >= 0.6 is 0 Å². The first kappa shape index (κ1) is 20.1. The van der Waals surface area contributed by atoms with Gasteiger partial charge >= 0.3 is 0 Å². The molecule has 1 rings (SSSR count). The second kappa shape index (κ2) is 10.8. The van der Waals surface area contributed by atoms with Crippen molar-refractivity contribution in [3.63, 3.8) is 0 Å². The molecule has 0 aliphatic carbocycles. The minimum Gasteiger partial charge on any atom is -0.347 e. The average molecular weight is 334 g/mol. The Kier molecular flexibility index (Phi) is 9.04. The van der Waals surface area contributed by atoms with Crippen LogP contribution in [-0.2, 0) is 16.0 Å². The molecule has 4 N–H and O–H groups in total. The summed E-state index contributed by atoms with van der Waals surface area (Å²) in [4.78, 5) is 26.4. The van der Waals surface area contributed by atoms with Crippen LogP contribution in [0.3, 0.4) is 0 Å². The third-order valence-electron chi connectivity index (χ3n) is 3.95. The predicted octanol–water partition coefficient (Wildman–Crippen LogP) is 0.519. The van der Waals surface area contributed by atoms with Gasteiger partial charge in [-0.25, -0.2) is 0 Å². The number of hydrogen-bond acceptors (Lipinski definition) is 4. The van der Waals surface area contributed by atoms with Gasteiger partial charge in [0.15, 0.2) is 0 Å². The second-order valence-electron chi connectivity index (χ2n) is 6.11. The van der Waals surface area contributed by atoms with Crippen molar-refractivity contribution in [3.05, 3.63) is 35.9 Å². The van der Waals surface area contributed by atoms with Gasteiger partial charge < -0.3 is 21.3 Å². The van der Waals surface area contributed by atoms with Gasteiger partial charge in [0.1, 0.15) is 6.04 Å². The Morgan fingerprint density at radius 1 is 1.12 bits per heavy atom. The molecule has 2 amide bonds. The van der Waals surface area contributed by atoms with Crippen LogP contribution in [0.5, 0.6) is 0 Å². The van der Waals surface area contributed by atoms with E-state index in [0.717, 1.165) is 18.4 Å². The maximum atomic E-state index is 12.6. The molecule has 0 heterocycles. The van der Waals surface area contributed by atoms with Crippen molar-refractivity contribution >= 4 is 11.8 Å². The van der Waals surface area contributed by atoms with Crippen molar-refractivity contribution in [1.29, 1.82) is 0 Å². The molecule has 0 bridgehead atoms. The van der Waals surface area contributed by atoms with E-state index < -0.39 is 6.04 Å². The molecule has 0 spiro atoms. The number of benzene rings is 1. The molecule has 0 saturated carbocycles. The molecule has 1 aromatic rings. The van der Waals surface area contributed by atoms with Gasteiger partial charge in [0.2, 0.25) is 11.8 Å². The molecule has 0 radical (unpaired) electrons. The standard InChI is InChI=1S/C18H30N4O2/c1-20-16(13-14-9-5-4-6-10-14)17(23)21-15(11-7-8-12-19)18(24)22(2)3/h4-6,9-10,15-16,20H,7-8,11-13,19H2,1-3H3,(H,21,23)/t15-,16-/m0/s1. The molecular weight excluding hydrogens is 304 g/mol. The van der Waals surface area contributed by atoms with Crippen LogP contribution in [0.4, 0.5) is 0 Å². The highest BCUT2D eigenvalue weighted by Gasteiger charge is 2.25. The zero-order chi connectivity index (χ0) is 17.9. The number of carbonyl (C=O) groups is 2. The van der Waals surface area contributed by atoms with Gasteiger partial charge in [0.05, 0.1) is 6.04 Å². The van der Waals surface area contributed by atoms with Crippen LogP contribution in [0.25, 0.3) is 0 Å². The van der Waals surface area contributed by atoms with Crippen molar-refractivity contribution in [2.75, 3.05) is 27.7 Å². The topological polar surface area (TPSA) is 87.5 Å². The van der Waals surface area contributed by atoms with E-state index in [1.54, 1.807) is 21.1 Å². The van der Waals surface area contributed by atoms with Crippen molar-refractivity contribution in [2.24, 2.45) is 5.73 Å². The van der Waals surface area contributed by atoms with Crippen LogP contribution in [-0.4, -0.2) is 56.5 Å². The summed E-state index contributed by atoms with van der Waals surface area (Å²) < 4.78 is 0. The molecule has 6 nitrogen and oxygen atoms in total. The van der Waals surface area contributed by atoms with Gasteiger partial charge in [-0.2, -0.15) is 0 Å². The lowest BCUT2D eigenvalue weighted by Gasteiger charge is -2.24. The maximum absolute atomic E-state index is 12.6. The molecule has 1 aromatic carbocycles. The first-order valence-corrected chi connectivity index (χ1v) is 8.42. The van der Waals surface area contributed by atoms with Crippen LogP contribution in [0.15, 0.2) is 30.3 Å². The fourth-order valence-electron chi connectivity index (χ4n) is 2.51. The molecule has 0 aliphatic heterocycles. The third kappa shape index (κ3) is 6.68. The Morgan fingerprint density at radius 2 is 1.79 bits per heavy atom. The normalized spacial score (nSPS) is 13.2. The zero-order valence-electron chi connectivity index (χ0n) is 14.9. The van der Waals surface area contributed by atoms with Crippen LogP contribution in [0.2, 0.25) is 0 Å². The molecule has 0 aromatic heterocycles. The SMILES string of the molecule is CN[C@@H](Cc1ccccc1)C(=O)N[C@@H](CCCCN)C(=O)N(C)C. The van der Waals surface area contributed by atoms with E-state index in [2.05, 4.69) is 10.6 Å². The Hall–Kier alpha value is -1.92. The van der Waals surface area contributed by atoms with Crippen molar-refractivity contribution < 1.29 is 9.59 Å². The first-order valence-electron chi connectivity index (χ1n) is 8.42. The van der Waals surface area contributed by atoms with Crippen molar-refractivity contribution in [3.8, 4) is 0 Å². The number of rotatable bonds is 10. The summed E-state index contributed by atoms with van der Waals surface area (Å²) in [6, 6.07) is 8.94. The van der Waals surface area contributed by atoms with E-state index in [1.165, 1.54) is 4.90 Å². The van der Waals surface area contributed by atoms with Crippen LogP contribution in [0.1, 0.15) is 24.8 Å². The first-order chi connectivity index (χ1) is 11.5. The molecule has 0 unspecified atom stereocenters. The summed E-state index contributed by atoms with van der Waals surface area (Å²) in [7, 11) is 5.15. The molecular formula is C18H30N4O2.